The molecule has 0 amide bonds. The van der Waals surface area contributed by atoms with Crippen LogP contribution in [0, 0.1) is 0 Å². The zero-order chi connectivity index (χ0) is 21.0. The zero-order valence-electron chi connectivity index (χ0n) is 15.0. The normalized spacial score (nSPS) is 11.3. The highest BCUT2D eigenvalue weighted by Gasteiger charge is 2.23. The molecule has 0 fully saturated rings. The fourth-order valence-electron chi connectivity index (χ4n) is 1.90. The minimum atomic E-state index is -4.75. The van der Waals surface area contributed by atoms with Gasteiger partial charge in [-0.1, -0.05) is 0 Å². The molecule has 1 aromatic carbocycles. The van der Waals surface area contributed by atoms with Crippen LogP contribution in [-0.2, 0) is 23.5 Å². The van der Waals surface area contributed by atoms with E-state index in [1.54, 1.807) is 0 Å². The summed E-state index contributed by atoms with van der Waals surface area (Å²) in [6.45, 7) is -0.488. The van der Waals surface area contributed by atoms with E-state index in [1.807, 2.05) is 0 Å². The van der Waals surface area contributed by atoms with Crippen molar-refractivity contribution < 1.29 is 53.1 Å². The average Bonchev–Trinajstić information content (AvgIpc) is 2.66. The summed E-state index contributed by atoms with van der Waals surface area (Å²) in [4.78, 5) is 42.9. The van der Waals surface area contributed by atoms with Crippen LogP contribution in [0.5, 0.6) is 0 Å². The van der Waals surface area contributed by atoms with E-state index in [4.69, 9.17) is 29.2 Å². The standard InChI is InChI=1S/C16H23O11P/c17-1-3-24-5-7-26-15(19)12-9-13(11-14(10-12)28(21,22)23)16(20)27-8-6-25-4-2-18/h9-11,17-18H,1-8H2,(H2,21,22,23). The molecule has 28 heavy (non-hydrogen) atoms. The van der Waals surface area contributed by atoms with Crippen LogP contribution in [0.1, 0.15) is 20.7 Å². The first-order valence-electron chi connectivity index (χ1n) is 8.22. The lowest BCUT2D eigenvalue weighted by Gasteiger charge is -2.11. The Bertz CT molecular complexity index is 641. The summed E-state index contributed by atoms with van der Waals surface area (Å²) in [7, 11) is -4.75. The molecule has 158 valence electrons. The predicted octanol–water partition coefficient (Wildman–Crippen LogP) is -1.18. The van der Waals surface area contributed by atoms with E-state index in [0.717, 1.165) is 18.2 Å². The number of rotatable bonds is 13. The van der Waals surface area contributed by atoms with Crippen molar-refractivity contribution in [3.63, 3.8) is 0 Å². The molecule has 0 saturated carbocycles. The van der Waals surface area contributed by atoms with Gasteiger partial charge in [0.25, 0.3) is 0 Å². The average molecular weight is 422 g/mol. The van der Waals surface area contributed by atoms with Gasteiger partial charge in [-0.25, -0.2) is 9.59 Å². The van der Waals surface area contributed by atoms with Crippen molar-refractivity contribution in [2.75, 3.05) is 52.9 Å². The van der Waals surface area contributed by atoms with Gasteiger partial charge in [0.2, 0.25) is 0 Å². The molecular weight excluding hydrogens is 399 g/mol. The summed E-state index contributed by atoms with van der Waals surface area (Å²) in [5.74, 6) is -1.83. The van der Waals surface area contributed by atoms with Crippen molar-refractivity contribution in [3.8, 4) is 0 Å². The first-order chi connectivity index (χ1) is 13.3. The van der Waals surface area contributed by atoms with Gasteiger partial charge in [-0.3, -0.25) is 4.57 Å². The van der Waals surface area contributed by atoms with Gasteiger partial charge in [-0.15, -0.1) is 0 Å². The quantitative estimate of drug-likeness (QED) is 0.171. The molecule has 0 unspecified atom stereocenters. The van der Waals surface area contributed by atoms with Gasteiger partial charge in [0.1, 0.15) is 13.2 Å². The lowest BCUT2D eigenvalue weighted by molar-refractivity contribution is 0.0256. The number of benzene rings is 1. The highest BCUT2D eigenvalue weighted by molar-refractivity contribution is 7.60. The van der Waals surface area contributed by atoms with Gasteiger partial charge < -0.3 is 38.9 Å². The third-order valence-corrected chi connectivity index (χ3v) is 4.05. The second kappa shape index (κ2) is 12.6. The maximum absolute atomic E-state index is 12.1. The summed E-state index contributed by atoms with van der Waals surface area (Å²) < 4.78 is 31.2. The van der Waals surface area contributed by atoms with Crippen LogP contribution in [0.2, 0.25) is 0 Å². The summed E-state index contributed by atoms with van der Waals surface area (Å²) >= 11 is 0. The van der Waals surface area contributed by atoms with Crippen LogP contribution >= 0.6 is 7.60 Å². The molecule has 0 radical (unpaired) electrons. The van der Waals surface area contributed by atoms with Crippen molar-refractivity contribution in [2.24, 2.45) is 0 Å². The Kier molecular flexibility index (Phi) is 10.9. The van der Waals surface area contributed by atoms with E-state index in [9.17, 15) is 23.9 Å². The number of aliphatic hydroxyl groups excluding tert-OH is 2. The molecule has 0 saturated heterocycles. The first kappa shape index (κ1) is 24.2. The van der Waals surface area contributed by atoms with Gasteiger partial charge in [0.15, 0.2) is 0 Å². The SMILES string of the molecule is O=C(OCCOCCO)c1cc(C(=O)OCCOCCO)cc(P(=O)(O)O)c1. The van der Waals surface area contributed by atoms with Crippen molar-refractivity contribution in [1.29, 1.82) is 0 Å². The van der Waals surface area contributed by atoms with Gasteiger partial charge >= 0.3 is 19.5 Å². The highest BCUT2D eigenvalue weighted by atomic mass is 31.2. The maximum Gasteiger partial charge on any atom is 0.356 e. The Morgan fingerprint density at radius 1 is 0.750 bits per heavy atom. The Morgan fingerprint density at radius 3 is 1.54 bits per heavy atom. The van der Waals surface area contributed by atoms with Crippen LogP contribution < -0.4 is 5.30 Å². The number of carbonyl (C=O) groups excluding carboxylic acids is 2. The first-order valence-corrected chi connectivity index (χ1v) is 9.83. The molecule has 0 heterocycles. The number of ether oxygens (including phenoxy) is 4. The topological polar surface area (TPSA) is 169 Å². The van der Waals surface area contributed by atoms with E-state index < -0.39 is 24.8 Å². The molecule has 0 aromatic heterocycles. The summed E-state index contributed by atoms with van der Waals surface area (Å²) in [6.07, 6.45) is 0. The fraction of sp³-hybridized carbons (Fsp3) is 0.500. The van der Waals surface area contributed by atoms with Gasteiger partial charge in [0, 0.05) is 0 Å². The van der Waals surface area contributed by atoms with Gasteiger partial charge in [-0.05, 0) is 18.2 Å². The van der Waals surface area contributed by atoms with Gasteiger partial charge in [-0.2, -0.15) is 0 Å². The van der Waals surface area contributed by atoms with E-state index in [0.29, 0.717) is 0 Å². The number of aliphatic hydroxyl groups is 2. The molecule has 4 N–H and O–H groups in total. The second-order valence-electron chi connectivity index (χ2n) is 5.26. The minimum absolute atomic E-state index is 0.0211. The summed E-state index contributed by atoms with van der Waals surface area (Å²) in [5, 5.41) is 16.6. The molecule has 1 aromatic rings. The maximum atomic E-state index is 12.1. The van der Waals surface area contributed by atoms with Crippen LogP contribution in [0.25, 0.3) is 0 Å². The van der Waals surface area contributed by atoms with Crippen LogP contribution in [0.3, 0.4) is 0 Å². The summed E-state index contributed by atoms with van der Waals surface area (Å²) in [6, 6.07) is 2.95. The monoisotopic (exact) mass is 422 g/mol. The van der Waals surface area contributed by atoms with Crippen molar-refractivity contribution in [3.05, 3.63) is 29.3 Å². The molecule has 0 aliphatic rings. The van der Waals surface area contributed by atoms with Crippen molar-refractivity contribution >= 4 is 24.8 Å². The third-order valence-electron chi connectivity index (χ3n) is 3.12. The molecule has 1 rings (SSSR count). The lowest BCUT2D eigenvalue weighted by atomic mass is 10.1. The van der Waals surface area contributed by atoms with E-state index in [-0.39, 0.29) is 64.0 Å². The second-order valence-corrected chi connectivity index (χ2v) is 6.86. The predicted molar refractivity (Wildman–Crippen MR) is 94.5 cm³/mol. The zero-order valence-corrected chi connectivity index (χ0v) is 15.9. The van der Waals surface area contributed by atoms with E-state index >= 15 is 0 Å². The number of carbonyl (C=O) groups is 2. The molecule has 0 aliphatic carbocycles. The number of hydrogen-bond donors (Lipinski definition) is 4. The van der Waals surface area contributed by atoms with E-state index in [1.165, 1.54) is 0 Å². The molecule has 0 spiro atoms. The number of esters is 2. The Balaban J connectivity index is 2.84. The molecule has 0 aliphatic heterocycles. The smallest absolute Gasteiger partial charge is 0.356 e. The summed E-state index contributed by atoms with van der Waals surface area (Å²) in [5.41, 5.74) is -0.488. The Morgan fingerprint density at radius 2 is 1.18 bits per heavy atom. The lowest BCUT2D eigenvalue weighted by Crippen LogP contribution is -2.18. The molecule has 0 atom stereocenters. The third kappa shape index (κ3) is 8.89. The van der Waals surface area contributed by atoms with Gasteiger partial charge in [0.05, 0.1) is 56.1 Å². The fourth-order valence-corrected chi connectivity index (χ4v) is 2.52. The molecule has 11 nitrogen and oxygen atoms in total. The Hall–Kier alpha value is -1.85. The van der Waals surface area contributed by atoms with E-state index in [2.05, 4.69) is 0 Å². The Labute approximate surface area is 160 Å². The van der Waals surface area contributed by atoms with Crippen LogP contribution in [0.15, 0.2) is 18.2 Å². The molecule has 0 bridgehead atoms. The minimum Gasteiger partial charge on any atom is -0.460 e. The number of hydrogen-bond acceptors (Lipinski definition) is 9. The van der Waals surface area contributed by atoms with Crippen molar-refractivity contribution in [1.82, 2.24) is 0 Å². The van der Waals surface area contributed by atoms with Crippen LogP contribution in [0.4, 0.5) is 0 Å². The molecular formula is C16H23O11P. The van der Waals surface area contributed by atoms with Crippen molar-refractivity contribution in [2.45, 2.75) is 0 Å². The van der Waals surface area contributed by atoms with Crippen LogP contribution in [-0.4, -0.2) is 84.8 Å². The largest absolute Gasteiger partial charge is 0.460 e. The molecule has 12 heteroatoms. The highest BCUT2D eigenvalue weighted by Crippen LogP contribution is 2.34.